The maximum atomic E-state index is 12.4. The monoisotopic (exact) mass is 257 g/mol. The van der Waals surface area contributed by atoms with Gasteiger partial charge in [0, 0.05) is 6.04 Å². The smallest absolute Gasteiger partial charge is 0.369 e. The van der Waals surface area contributed by atoms with Gasteiger partial charge in [-0.15, -0.1) is 0 Å². The summed E-state index contributed by atoms with van der Waals surface area (Å²) in [6.07, 6.45) is -5.14. The van der Waals surface area contributed by atoms with Crippen molar-refractivity contribution in [3.05, 3.63) is 23.8 Å². The SMILES string of the molecule is Cc1cccc2c1nc(N)n2C(C)CC(F)(F)F. The van der Waals surface area contributed by atoms with Gasteiger partial charge in [-0.25, -0.2) is 4.98 Å². The van der Waals surface area contributed by atoms with Crippen LogP contribution in [0.2, 0.25) is 0 Å². The van der Waals surface area contributed by atoms with Gasteiger partial charge in [0.25, 0.3) is 0 Å². The predicted molar refractivity (Wildman–Crippen MR) is 64.3 cm³/mol. The van der Waals surface area contributed by atoms with Gasteiger partial charge in [-0.2, -0.15) is 13.2 Å². The molecule has 0 radical (unpaired) electrons. The molecule has 0 aliphatic rings. The van der Waals surface area contributed by atoms with Gasteiger partial charge in [0.2, 0.25) is 5.95 Å². The minimum Gasteiger partial charge on any atom is -0.369 e. The molecule has 2 aromatic rings. The summed E-state index contributed by atoms with van der Waals surface area (Å²) >= 11 is 0. The lowest BCUT2D eigenvalue weighted by atomic mass is 10.2. The summed E-state index contributed by atoms with van der Waals surface area (Å²) in [5.41, 5.74) is 7.93. The summed E-state index contributed by atoms with van der Waals surface area (Å²) in [6.45, 7) is 3.35. The third kappa shape index (κ3) is 2.27. The summed E-state index contributed by atoms with van der Waals surface area (Å²) < 4.78 is 38.7. The van der Waals surface area contributed by atoms with Crippen LogP contribution in [0.15, 0.2) is 18.2 Å². The number of aromatic nitrogens is 2. The number of hydrogen-bond acceptors (Lipinski definition) is 2. The minimum absolute atomic E-state index is 0.121. The van der Waals surface area contributed by atoms with Crippen LogP contribution in [0.4, 0.5) is 19.1 Å². The number of fused-ring (bicyclic) bond motifs is 1. The van der Waals surface area contributed by atoms with Crippen molar-refractivity contribution < 1.29 is 13.2 Å². The largest absolute Gasteiger partial charge is 0.391 e. The number of nitrogens with two attached hydrogens (primary N) is 1. The van der Waals surface area contributed by atoms with Crippen LogP contribution in [0, 0.1) is 6.92 Å². The molecule has 1 aromatic carbocycles. The number of halogens is 3. The van der Waals surface area contributed by atoms with E-state index in [-0.39, 0.29) is 5.95 Å². The number of alkyl halides is 3. The summed E-state index contributed by atoms with van der Waals surface area (Å²) in [7, 11) is 0. The first-order valence-corrected chi connectivity index (χ1v) is 5.59. The van der Waals surface area contributed by atoms with Crippen LogP contribution >= 0.6 is 0 Å². The Bertz CT molecular complexity index is 572. The first-order valence-electron chi connectivity index (χ1n) is 5.59. The third-order valence-corrected chi connectivity index (χ3v) is 2.92. The summed E-state index contributed by atoms with van der Waals surface area (Å²) in [5, 5.41) is 0. The fourth-order valence-corrected chi connectivity index (χ4v) is 2.16. The Morgan fingerprint density at radius 3 is 2.67 bits per heavy atom. The molecule has 1 heterocycles. The standard InChI is InChI=1S/C12H14F3N3/c1-7-4-3-5-9-10(7)17-11(16)18(9)8(2)6-12(13,14)15/h3-5,8H,6H2,1-2H3,(H2,16,17). The lowest BCUT2D eigenvalue weighted by Gasteiger charge is -2.17. The number of aryl methyl sites for hydroxylation is 1. The van der Waals surface area contributed by atoms with Crippen LogP contribution in [-0.4, -0.2) is 15.7 Å². The van der Waals surface area contributed by atoms with Crippen molar-refractivity contribution >= 4 is 17.0 Å². The zero-order valence-electron chi connectivity index (χ0n) is 10.1. The first kappa shape index (κ1) is 12.7. The predicted octanol–water partition coefficient (Wildman–Crippen LogP) is 3.44. The Hall–Kier alpha value is -1.72. The van der Waals surface area contributed by atoms with Gasteiger partial charge in [-0.3, -0.25) is 0 Å². The third-order valence-electron chi connectivity index (χ3n) is 2.92. The zero-order valence-corrected chi connectivity index (χ0v) is 10.1. The second-order valence-electron chi connectivity index (χ2n) is 4.45. The molecule has 1 aromatic heterocycles. The van der Waals surface area contributed by atoms with Gasteiger partial charge < -0.3 is 10.3 Å². The summed E-state index contributed by atoms with van der Waals surface area (Å²) in [4.78, 5) is 4.14. The van der Waals surface area contributed by atoms with Crippen molar-refractivity contribution in [2.45, 2.75) is 32.5 Å². The molecule has 2 N–H and O–H groups in total. The van der Waals surface area contributed by atoms with Crippen LogP contribution in [-0.2, 0) is 0 Å². The van der Waals surface area contributed by atoms with Crippen molar-refractivity contribution in [1.82, 2.24) is 9.55 Å². The number of anilines is 1. The molecule has 0 aliphatic heterocycles. The molecule has 0 saturated heterocycles. The fourth-order valence-electron chi connectivity index (χ4n) is 2.16. The van der Waals surface area contributed by atoms with Crippen molar-refractivity contribution in [3.8, 4) is 0 Å². The molecule has 2 rings (SSSR count). The maximum absolute atomic E-state index is 12.4. The molecule has 1 atom stereocenters. The highest BCUT2D eigenvalue weighted by molar-refractivity contribution is 5.81. The molecule has 0 amide bonds. The number of nitrogen functional groups attached to an aromatic ring is 1. The van der Waals surface area contributed by atoms with E-state index in [0.29, 0.717) is 11.0 Å². The minimum atomic E-state index is -4.22. The normalized spacial score (nSPS) is 14.1. The average Bonchev–Trinajstić information content (AvgIpc) is 2.53. The molecule has 0 saturated carbocycles. The lowest BCUT2D eigenvalue weighted by molar-refractivity contribution is -0.141. The molecule has 18 heavy (non-hydrogen) atoms. The molecule has 1 unspecified atom stereocenters. The Balaban J connectivity index is 2.51. The Morgan fingerprint density at radius 1 is 1.39 bits per heavy atom. The van der Waals surface area contributed by atoms with Crippen molar-refractivity contribution in [2.24, 2.45) is 0 Å². The zero-order chi connectivity index (χ0) is 13.5. The van der Waals surface area contributed by atoms with E-state index in [0.717, 1.165) is 5.56 Å². The number of para-hydroxylation sites is 1. The van der Waals surface area contributed by atoms with Gasteiger partial charge in [0.1, 0.15) is 0 Å². The van der Waals surface area contributed by atoms with E-state index in [2.05, 4.69) is 4.98 Å². The highest BCUT2D eigenvalue weighted by Gasteiger charge is 2.32. The van der Waals surface area contributed by atoms with Gasteiger partial charge in [0.05, 0.1) is 17.5 Å². The quantitative estimate of drug-likeness (QED) is 0.895. The van der Waals surface area contributed by atoms with Gasteiger partial charge in [0.15, 0.2) is 0 Å². The van der Waals surface area contributed by atoms with Gasteiger partial charge in [-0.1, -0.05) is 12.1 Å². The highest BCUT2D eigenvalue weighted by atomic mass is 19.4. The van der Waals surface area contributed by atoms with E-state index < -0.39 is 18.6 Å². The van der Waals surface area contributed by atoms with E-state index >= 15 is 0 Å². The van der Waals surface area contributed by atoms with Crippen LogP contribution < -0.4 is 5.73 Å². The number of nitrogens with zero attached hydrogens (tertiary/aromatic N) is 2. The molecule has 0 fully saturated rings. The van der Waals surface area contributed by atoms with Crippen molar-refractivity contribution in [2.75, 3.05) is 5.73 Å². The molecular formula is C12H14F3N3. The molecule has 0 aliphatic carbocycles. The number of benzene rings is 1. The van der Waals surface area contributed by atoms with E-state index in [1.807, 2.05) is 13.0 Å². The van der Waals surface area contributed by atoms with Crippen LogP contribution in [0.25, 0.3) is 11.0 Å². The summed E-state index contributed by atoms with van der Waals surface area (Å²) in [5.74, 6) is 0.121. The van der Waals surface area contributed by atoms with Gasteiger partial charge >= 0.3 is 6.18 Å². The van der Waals surface area contributed by atoms with Crippen LogP contribution in [0.1, 0.15) is 24.9 Å². The van der Waals surface area contributed by atoms with Crippen LogP contribution in [0.3, 0.4) is 0 Å². The Labute approximate surface area is 102 Å². The lowest BCUT2D eigenvalue weighted by Crippen LogP contribution is -2.17. The second kappa shape index (κ2) is 4.19. The van der Waals surface area contributed by atoms with E-state index in [1.54, 1.807) is 12.1 Å². The Kier molecular flexibility index (Phi) is 2.96. The molecule has 3 nitrogen and oxygen atoms in total. The first-order chi connectivity index (χ1) is 8.29. The Morgan fingerprint density at radius 2 is 2.06 bits per heavy atom. The highest BCUT2D eigenvalue weighted by Crippen LogP contribution is 2.32. The number of hydrogen-bond donors (Lipinski definition) is 1. The molecule has 98 valence electrons. The van der Waals surface area contributed by atoms with E-state index in [9.17, 15) is 13.2 Å². The van der Waals surface area contributed by atoms with Crippen molar-refractivity contribution in [3.63, 3.8) is 0 Å². The van der Waals surface area contributed by atoms with E-state index in [1.165, 1.54) is 11.5 Å². The molecule has 0 bridgehead atoms. The van der Waals surface area contributed by atoms with Crippen LogP contribution in [0.5, 0.6) is 0 Å². The topological polar surface area (TPSA) is 43.8 Å². The second-order valence-corrected chi connectivity index (χ2v) is 4.45. The van der Waals surface area contributed by atoms with Gasteiger partial charge in [-0.05, 0) is 25.5 Å². The van der Waals surface area contributed by atoms with Crippen molar-refractivity contribution in [1.29, 1.82) is 0 Å². The average molecular weight is 257 g/mol. The van der Waals surface area contributed by atoms with E-state index in [4.69, 9.17) is 5.73 Å². The maximum Gasteiger partial charge on any atom is 0.391 e. The number of rotatable bonds is 2. The number of imidazole rings is 1. The molecular weight excluding hydrogens is 243 g/mol. The fraction of sp³-hybridized carbons (Fsp3) is 0.417. The summed E-state index contributed by atoms with van der Waals surface area (Å²) in [6, 6.07) is 4.61. The molecule has 6 heteroatoms. The molecule has 0 spiro atoms.